The van der Waals surface area contributed by atoms with Crippen LogP contribution in [0.3, 0.4) is 0 Å². The van der Waals surface area contributed by atoms with Crippen molar-refractivity contribution in [3.63, 3.8) is 0 Å². The van der Waals surface area contributed by atoms with Crippen LogP contribution in [0, 0.1) is 6.92 Å². The zero-order chi connectivity index (χ0) is 15.9. The van der Waals surface area contributed by atoms with E-state index in [1.165, 1.54) is 5.19 Å². The molecule has 6 heteroatoms. The van der Waals surface area contributed by atoms with Crippen molar-refractivity contribution in [2.45, 2.75) is 26.6 Å². The molecule has 0 fully saturated rings. The first-order valence-corrected chi connectivity index (χ1v) is 10.7. The average Bonchev–Trinajstić information content (AvgIpc) is 2.46. The minimum Gasteiger partial charge on any atom is -0.382 e. The quantitative estimate of drug-likeness (QED) is 0.736. The monoisotopic (exact) mass is 309 g/mol. The van der Waals surface area contributed by atoms with E-state index in [1.807, 2.05) is 6.07 Å². The van der Waals surface area contributed by atoms with Gasteiger partial charge in [0.15, 0.2) is 17.0 Å². The van der Waals surface area contributed by atoms with Crippen molar-refractivity contribution in [1.82, 2.24) is 19.9 Å². The zero-order valence-electron chi connectivity index (χ0n) is 13.3. The number of fused-ring (bicyclic) bond motifs is 1. The molecule has 3 rings (SSSR count). The molecule has 0 saturated heterocycles. The van der Waals surface area contributed by atoms with Crippen LogP contribution >= 0.6 is 0 Å². The molecule has 0 radical (unpaired) electrons. The SMILES string of the molecule is Cc1nc(N)c2nc(-c3cccc([Si](C)(C)C)c3)cnc2n1. The first kappa shape index (κ1) is 14.6. The van der Waals surface area contributed by atoms with Crippen LogP contribution in [0.1, 0.15) is 5.82 Å². The van der Waals surface area contributed by atoms with Gasteiger partial charge in [-0.05, 0) is 6.92 Å². The highest BCUT2D eigenvalue weighted by Gasteiger charge is 2.17. The second-order valence-corrected chi connectivity index (χ2v) is 11.5. The zero-order valence-corrected chi connectivity index (χ0v) is 14.3. The second kappa shape index (κ2) is 5.13. The molecule has 0 spiro atoms. The van der Waals surface area contributed by atoms with Gasteiger partial charge in [-0.1, -0.05) is 49.1 Å². The van der Waals surface area contributed by atoms with Gasteiger partial charge in [-0.2, -0.15) is 0 Å². The number of nitrogen functional groups attached to an aromatic ring is 1. The minimum atomic E-state index is -1.37. The number of rotatable bonds is 2. The van der Waals surface area contributed by atoms with E-state index in [1.54, 1.807) is 13.1 Å². The van der Waals surface area contributed by atoms with Gasteiger partial charge < -0.3 is 5.73 Å². The average molecular weight is 309 g/mol. The van der Waals surface area contributed by atoms with Gasteiger partial charge >= 0.3 is 0 Å². The summed E-state index contributed by atoms with van der Waals surface area (Å²) in [6.07, 6.45) is 1.75. The molecule has 2 heterocycles. The molecule has 2 aromatic heterocycles. The van der Waals surface area contributed by atoms with Gasteiger partial charge in [-0.25, -0.2) is 19.9 Å². The number of aryl methyl sites for hydroxylation is 1. The van der Waals surface area contributed by atoms with Gasteiger partial charge in [0, 0.05) is 5.56 Å². The molecule has 3 aromatic rings. The number of aromatic nitrogens is 4. The lowest BCUT2D eigenvalue weighted by Gasteiger charge is -2.17. The Kier molecular flexibility index (Phi) is 3.40. The van der Waals surface area contributed by atoms with Gasteiger partial charge in [0.05, 0.1) is 20.0 Å². The number of benzene rings is 1. The highest BCUT2D eigenvalue weighted by atomic mass is 28.3. The predicted molar refractivity (Wildman–Crippen MR) is 92.7 cm³/mol. The summed E-state index contributed by atoms with van der Waals surface area (Å²) in [5, 5.41) is 1.39. The lowest BCUT2D eigenvalue weighted by molar-refractivity contribution is 1.07. The molecule has 0 aliphatic carbocycles. The lowest BCUT2D eigenvalue weighted by Crippen LogP contribution is -2.37. The Hall–Kier alpha value is -2.34. The van der Waals surface area contributed by atoms with Crippen molar-refractivity contribution in [3.05, 3.63) is 36.3 Å². The molecule has 112 valence electrons. The molecule has 2 N–H and O–H groups in total. The van der Waals surface area contributed by atoms with E-state index in [0.29, 0.717) is 22.8 Å². The third-order valence-corrected chi connectivity index (χ3v) is 5.61. The van der Waals surface area contributed by atoms with Crippen LogP contribution in [-0.2, 0) is 0 Å². The molecule has 0 bridgehead atoms. The molecule has 0 saturated carbocycles. The molecular formula is C16H19N5Si. The van der Waals surface area contributed by atoms with E-state index in [9.17, 15) is 0 Å². The van der Waals surface area contributed by atoms with Crippen LogP contribution in [0.5, 0.6) is 0 Å². The lowest BCUT2D eigenvalue weighted by atomic mass is 10.1. The first-order chi connectivity index (χ1) is 10.3. The van der Waals surface area contributed by atoms with Gasteiger partial charge in [0.25, 0.3) is 0 Å². The van der Waals surface area contributed by atoms with Crippen molar-refractivity contribution >= 4 is 30.2 Å². The Morgan fingerprint density at radius 3 is 2.55 bits per heavy atom. The molecule has 0 aliphatic heterocycles. The fourth-order valence-corrected chi connectivity index (χ4v) is 3.51. The fourth-order valence-electron chi connectivity index (χ4n) is 2.33. The summed E-state index contributed by atoms with van der Waals surface area (Å²) in [7, 11) is -1.37. The summed E-state index contributed by atoms with van der Waals surface area (Å²) in [5.74, 6) is 0.978. The Morgan fingerprint density at radius 2 is 1.82 bits per heavy atom. The third-order valence-electron chi connectivity index (χ3n) is 3.57. The standard InChI is InChI=1S/C16H19N5Si/c1-10-19-15(17)14-16(20-10)18-9-13(21-14)11-6-5-7-12(8-11)22(2,3)4/h5-9H,1-4H3,(H2,17,18,19,20). The molecule has 0 unspecified atom stereocenters. The van der Waals surface area contributed by atoms with Gasteiger partial charge in [-0.3, -0.25) is 0 Å². The highest BCUT2D eigenvalue weighted by Crippen LogP contribution is 2.20. The minimum absolute atomic E-state index is 0.373. The fraction of sp³-hybridized carbons (Fsp3) is 0.250. The maximum atomic E-state index is 5.96. The summed E-state index contributed by atoms with van der Waals surface area (Å²) in [6, 6.07) is 8.51. The van der Waals surface area contributed by atoms with Crippen LogP contribution in [0.2, 0.25) is 19.6 Å². The third kappa shape index (κ3) is 2.69. The van der Waals surface area contributed by atoms with Crippen molar-refractivity contribution < 1.29 is 0 Å². The Labute approximate surface area is 130 Å². The first-order valence-electron chi connectivity index (χ1n) is 7.22. The van der Waals surface area contributed by atoms with Gasteiger partial charge in [0.2, 0.25) is 0 Å². The maximum Gasteiger partial charge on any atom is 0.183 e. The number of nitrogens with zero attached hydrogens (tertiary/aromatic N) is 4. The smallest absolute Gasteiger partial charge is 0.183 e. The van der Waals surface area contributed by atoms with Crippen LogP contribution in [0.4, 0.5) is 5.82 Å². The topological polar surface area (TPSA) is 77.6 Å². The molecule has 22 heavy (non-hydrogen) atoms. The number of hydrogen-bond donors (Lipinski definition) is 1. The van der Waals surface area contributed by atoms with E-state index in [0.717, 1.165) is 11.3 Å². The van der Waals surface area contributed by atoms with Gasteiger partial charge in [0.1, 0.15) is 5.82 Å². The summed E-state index contributed by atoms with van der Waals surface area (Å²) >= 11 is 0. The Morgan fingerprint density at radius 1 is 1.05 bits per heavy atom. The van der Waals surface area contributed by atoms with Crippen molar-refractivity contribution in [2.24, 2.45) is 0 Å². The van der Waals surface area contributed by atoms with Crippen molar-refractivity contribution in [3.8, 4) is 11.3 Å². The molecule has 5 nitrogen and oxygen atoms in total. The normalized spacial score (nSPS) is 11.8. The summed E-state index contributed by atoms with van der Waals surface area (Å²) < 4.78 is 0. The second-order valence-electron chi connectivity index (χ2n) is 6.41. The summed E-state index contributed by atoms with van der Waals surface area (Å²) in [6.45, 7) is 8.77. The van der Waals surface area contributed by atoms with Crippen LogP contribution in [0.15, 0.2) is 30.5 Å². The Balaban J connectivity index is 2.15. The van der Waals surface area contributed by atoms with E-state index in [2.05, 4.69) is 57.8 Å². The summed E-state index contributed by atoms with van der Waals surface area (Å²) in [4.78, 5) is 17.4. The number of nitrogens with two attached hydrogens (primary N) is 1. The maximum absolute atomic E-state index is 5.96. The molecule has 0 amide bonds. The van der Waals surface area contributed by atoms with Crippen molar-refractivity contribution in [2.75, 3.05) is 5.73 Å². The largest absolute Gasteiger partial charge is 0.382 e. The van der Waals surface area contributed by atoms with Crippen LogP contribution < -0.4 is 10.9 Å². The Bertz CT molecular complexity index is 855. The van der Waals surface area contributed by atoms with Gasteiger partial charge in [-0.15, -0.1) is 0 Å². The molecule has 1 aromatic carbocycles. The van der Waals surface area contributed by atoms with E-state index < -0.39 is 8.07 Å². The van der Waals surface area contributed by atoms with E-state index in [-0.39, 0.29) is 0 Å². The molecule has 0 atom stereocenters. The van der Waals surface area contributed by atoms with E-state index >= 15 is 0 Å². The van der Waals surface area contributed by atoms with E-state index in [4.69, 9.17) is 5.73 Å². The molecule has 0 aliphatic rings. The van der Waals surface area contributed by atoms with Crippen LogP contribution in [-0.4, -0.2) is 28.0 Å². The predicted octanol–water partition coefficient (Wildman–Crippen LogP) is 2.52. The number of anilines is 1. The highest BCUT2D eigenvalue weighted by molar-refractivity contribution is 6.88. The summed E-state index contributed by atoms with van der Waals surface area (Å²) in [5.41, 5.74) is 8.90. The van der Waals surface area contributed by atoms with Crippen molar-refractivity contribution in [1.29, 1.82) is 0 Å². The number of hydrogen-bond acceptors (Lipinski definition) is 5. The van der Waals surface area contributed by atoms with Crippen LogP contribution in [0.25, 0.3) is 22.4 Å². The molecular weight excluding hydrogens is 290 g/mol.